The molecule has 0 radical (unpaired) electrons. The van der Waals surface area contributed by atoms with Crippen molar-refractivity contribution in [3.05, 3.63) is 52.0 Å². The first kappa shape index (κ1) is 13.4. The second kappa shape index (κ2) is 5.32. The van der Waals surface area contributed by atoms with E-state index in [-0.39, 0.29) is 17.1 Å². The molecular weight excluding hydrogens is 310 g/mol. The van der Waals surface area contributed by atoms with E-state index in [1.165, 1.54) is 18.2 Å². The van der Waals surface area contributed by atoms with Crippen molar-refractivity contribution in [3.63, 3.8) is 0 Å². The number of carbonyl (C=O) groups is 1. The quantitative estimate of drug-likeness (QED) is 0.793. The highest BCUT2D eigenvalue weighted by molar-refractivity contribution is 9.10. The van der Waals surface area contributed by atoms with Crippen molar-refractivity contribution in [3.8, 4) is 11.5 Å². The molecule has 98 valence electrons. The first-order valence-electron chi connectivity index (χ1n) is 5.56. The Morgan fingerprint density at radius 2 is 1.74 bits per heavy atom. The molecule has 4 nitrogen and oxygen atoms in total. The Balaban J connectivity index is 2.22. The molecule has 2 rings (SSSR count). The molecule has 0 aliphatic carbocycles. The van der Waals surface area contributed by atoms with Gasteiger partial charge in [-0.25, -0.2) is 0 Å². The Bertz CT molecular complexity index is 620. The summed E-state index contributed by atoms with van der Waals surface area (Å²) in [6, 6.07) is 9.18. The third kappa shape index (κ3) is 3.26. The van der Waals surface area contributed by atoms with Gasteiger partial charge in [-0.2, -0.15) is 0 Å². The van der Waals surface area contributed by atoms with Gasteiger partial charge in [0.15, 0.2) is 0 Å². The number of aryl methyl sites for hydroxylation is 1. The molecule has 0 unspecified atom stereocenters. The van der Waals surface area contributed by atoms with Crippen molar-refractivity contribution in [2.75, 3.05) is 5.32 Å². The van der Waals surface area contributed by atoms with Crippen molar-refractivity contribution < 1.29 is 15.0 Å². The highest BCUT2D eigenvalue weighted by atomic mass is 79.9. The molecule has 0 atom stereocenters. The van der Waals surface area contributed by atoms with Gasteiger partial charge in [-0.15, -0.1) is 0 Å². The molecule has 0 spiro atoms. The molecule has 0 heterocycles. The molecule has 0 saturated carbocycles. The van der Waals surface area contributed by atoms with Gasteiger partial charge < -0.3 is 15.5 Å². The van der Waals surface area contributed by atoms with Crippen LogP contribution in [-0.4, -0.2) is 16.1 Å². The number of halogens is 1. The lowest BCUT2D eigenvalue weighted by Gasteiger charge is -2.08. The van der Waals surface area contributed by atoms with Crippen molar-refractivity contribution >= 4 is 27.5 Å². The fourth-order valence-electron chi connectivity index (χ4n) is 1.65. The van der Waals surface area contributed by atoms with Crippen LogP contribution in [0.15, 0.2) is 40.9 Å². The van der Waals surface area contributed by atoms with Gasteiger partial charge in [0, 0.05) is 21.8 Å². The number of rotatable bonds is 2. The monoisotopic (exact) mass is 321 g/mol. The van der Waals surface area contributed by atoms with Crippen LogP contribution in [0, 0.1) is 6.92 Å². The Kier molecular flexibility index (Phi) is 3.76. The molecule has 0 fully saturated rings. The van der Waals surface area contributed by atoms with E-state index in [2.05, 4.69) is 21.2 Å². The summed E-state index contributed by atoms with van der Waals surface area (Å²) in [4.78, 5) is 12.0. The Hall–Kier alpha value is -2.01. The lowest BCUT2D eigenvalue weighted by atomic mass is 10.1. The highest BCUT2D eigenvalue weighted by Crippen LogP contribution is 2.23. The van der Waals surface area contributed by atoms with Crippen LogP contribution in [0.1, 0.15) is 15.9 Å². The summed E-state index contributed by atoms with van der Waals surface area (Å²) in [7, 11) is 0. The Morgan fingerprint density at radius 1 is 1.11 bits per heavy atom. The molecule has 19 heavy (non-hydrogen) atoms. The molecule has 2 aromatic rings. The van der Waals surface area contributed by atoms with Gasteiger partial charge in [0.1, 0.15) is 11.5 Å². The van der Waals surface area contributed by atoms with E-state index in [0.29, 0.717) is 5.69 Å². The molecule has 0 aromatic heterocycles. The van der Waals surface area contributed by atoms with Gasteiger partial charge in [-0.1, -0.05) is 15.9 Å². The smallest absolute Gasteiger partial charge is 0.255 e. The van der Waals surface area contributed by atoms with E-state index in [1.54, 1.807) is 6.07 Å². The number of phenols is 2. The maximum Gasteiger partial charge on any atom is 0.255 e. The molecule has 0 aliphatic rings. The molecule has 3 N–H and O–H groups in total. The van der Waals surface area contributed by atoms with Crippen molar-refractivity contribution in [2.24, 2.45) is 0 Å². The van der Waals surface area contributed by atoms with E-state index in [9.17, 15) is 15.0 Å². The zero-order chi connectivity index (χ0) is 14.0. The zero-order valence-corrected chi connectivity index (χ0v) is 11.7. The molecular formula is C14H12BrNO3. The lowest BCUT2D eigenvalue weighted by Crippen LogP contribution is -2.11. The normalized spacial score (nSPS) is 10.2. The first-order valence-corrected chi connectivity index (χ1v) is 6.35. The fraction of sp³-hybridized carbons (Fsp3) is 0.0714. The van der Waals surface area contributed by atoms with Gasteiger partial charge in [-0.05, 0) is 42.8 Å². The Labute approximate surface area is 118 Å². The number of benzene rings is 2. The minimum absolute atomic E-state index is 0.155. The van der Waals surface area contributed by atoms with Crippen molar-refractivity contribution in [1.82, 2.24) is 0 Å². The topological polar surface area (TPSA) is 69.6 Å². The van der Waals surface area contributed by atoms with Gasteiger partial charge >= 0.3 is 0 Å². The van der Waals surface area contributed by atoms with E-state index >= 15 is 0 Å². The SMILES string of the molecule is Cc1cc(NC(=O)c2cc(O)cc(O)c2)ccc1Br. The third-order valence-electron chi connectivity index (χ3n) is 2.58. The Morgan fingerprint density at radius 3 is 2.32 bits per heavy atom. The van der Waals surface area contributed by atoms with E-state index in [4.69, 9.17) is 0 Å². The van der Waals surface area contributed by atoms with E-state index < -0.39 is 5.91 Å². The van der Waals surface area contributed by atoms with Crippen LogP contribution in [-0.2, 0) is 0 Å². The predicted molar refractivity (Wildman–Crippen MR) is 76.6 cm³/mol. The number of phenolic OH excluding ortho intramolecular Hbond substituents is 2. The summed E-state index contributed by atoms with van der Waals surface area (Å²) >= 11 is 3.38. The highest BCUT2D eigenvalue weighted by Gasteiger charge is 2.09. The largest absolute Gasteiger partial charge is 0.508 e. The summed E-state index contributed by atoms with van der Waals surface area (Å²) in [6.07, 6.45) is 0. The molecule has 1 amide bonds. The molecule has 2 aromatic carbocycles. The third-order valence-corrected chi connectivity index (χ3v) is 3.47. The average Bonchev–Trinajstić information content (AvgIpc) is 2.32. The van der Waals surface area contributed by atoms with Gasteiger partial charge in [0.2, 0.25) is 0 Å². The molecule has 0 saturated heterocycles. The van der Waals surface area contributed by atoms with E-state index in [1.807, 2.05) is 19.1 Å². The van der Waals surface area contributed by atoms with Gasteiger partial charge in [0.25, 0.3) is 5.91 Å². The van der Waals surface area contributed by atoms with Crippen LogP contribution < -0.4 is 5.32 Å². The number of nitrogens with one attached hydrogen (secondary N) is 1. The van der Waals surface area contributed by atoms with Crippen LogP contribution in [0.25, 0.3) is 0 Å². The summed E-state index contributed by atoms with van der Waals surface area (Å²) < 4.78 is 0.959. The zero-order valence-electron chi connectivity index (χ0n) is 10.1. The number of hydrogen-bond acceptors (Lipinski definition) is 3. The summed E-state index contributed by atoms with van der Waals surface area (Å²) in [5.41, 5.74) is 1.84. The van der Waals surface area contributed by atoms with Crippen LogP contribution in [0.4, 0.5) is 5.69 Å². The minimum atomic E-state index is -0.395. The molecule has 5 heteroatoms. The van der Waals surface area contributed by atoms with Crippen molar-refractivity contribution in [1.29, 1.82) is 0 Å². The average molecular weight is 322 g/mol. The second-order valence-corrected chi connectivity index (χ2v) is 5.01. The number of carbonyl (C=O) groups excluding carboxylic acids is 1. The maximum atomic E-state index is 12.0. The van der Waals surface area contributed by atoms with Gasteiger partial charge in [-0.3, -0.25) is 4.79 Å². The van der Waals surface area contributed by atoms with Gasteiger partial charge in [0.05, 0.1) is 0 Å². The first-order chi connectivity index (χ1) is 8.95. The van der Waals surface area contributed by atoms with Crippen LogP contribution >= 0.6 is 15.9 Å². The standard InChI is InChI=1S/C14H12BrNO3/c1-8-4-10(2-3-13(8)15)16-14(19)9-5-11(17)7-12(18)6-9/h2-7,17-18H,1H3,(H,16,19). The maximum absolute atomic E-state index is 12.0. The van der Waals surface area contributed by atoms with Crippen molar-refractivity contribution in [2.45, 2.75) is 6.92 Å². The summed E-state index contributed by atoms with van der Waals surface area (Å²) in [5.74, 6) is -0.706. The number of amides is 1. The lowest BCUT2D eigenvalue weighted by molar-refractivity contribution is 0.102. The minimum Gasteiger partial charge on any atom is -0.508 e. The summed E-state index contributed by atoms with van der Waals surface area (Å²) in [5, 5.41) is 21.4. The van der Waals surface area contributed by atoms with E-state index in [0.717, 1.165) is 10.0 Å². The molecule has 0 aliphatic heterocycles. The van der Waals surface area contributed by atoms with Crippen LogP contribution in [0.3, 0.4) is 0 Å². The number of aromatic hydroxyl groups is 2. The fourth-order valence-corrected chi connectivity index (χ4v) is 1.90. The van der Waals surface area contributed by atoms with Crippen LogP contribution in [0.5, 0.6) is 11.5 Å². The second-order valence-electron chi connectivity index (χ2n) is 4.16. The number of anilines is 1. The van der Waals surface area contributed by atoms with Crippen LogP contribution in [0.2, 0.25) is 0 Å². The summed E-state index contributed by atoms with van der Waals surface area (Å²) in [6.45, 7) is 1.92. The predicted octanol–water partition coefficient (Wildman–Crippen LogP) is 3.42. The number of hydrogen-bond donors (Lipinski definition) is 3. The molecule has 0 bridgehead atoms.